The molecule has 1 aliphatic rings. The molecule has 2 rings (SSSR count). The second kappa shape index (κ2) is 9.82. The molecule has 2 heterocycles. The molecule has 0 spiro atoms. The molecule has 1 aromatic rings. The zero-order valence-corrected chi connectivity index (χ0v) is 15.7. The van der Waals surface area contributed by atoms with Gasteiger partial charge in [0.1, 0.15) is 5.82 Å². The van der Waals surface area contributed by atoms with E-state index in [2.05, 4.69) is 46.3 Å². The Balaban J connectivity index is 1.77. The van der Waals surface area contributed by atoms with Gasteiger partial charge in [0, 0.05) is 64.0 Å². The summed E-state index contributed by atoms with van der Waals surface area (Å²) >= 11 is 0. The fourth-order valence-electron chi connectivity index (χ4n) is 3.65. The molecule has 0 N–H and O–H groups in total. The number of imidazole rings is 1. The Morgan fingerprint density at radius 2 is 1.75 bits per heavy atom. The van der Waals surface area contributed by atoms with Crippen LogP contribution in [0.15, 0.2) is 12.4 Å². The molecule has 0 bridgehead atoms. The van der Waals surface area contributed by atoms with E-state index in [1.165, 1.54) is 0 Å². The van der Waals surface area contributed by atoms with Crippen molar-refractivity contribution in [3.05, 3.63) is 18.2 Å². The van der Waals surface area contributed by atoms with Crippen LogP contribution in [0.4, 0.5) is 0 Å². The van der Waals surface area contributed by atoms with Crippen molar-refractivity contribution in [2.45, 2.75) is 59.4 Å². The van der Waals surface area contributed by atoms with Crippen LogP contribution in [0.2, 0.25) is 0 Å². The van der Waals surface area contributed by atoms with Crippen molar-refractivity contribution in [2.24, 2.45) is 5.92 Å². The van der Waals surface area contributed by atoms with Gasteiger partial charge in [-0.2, -0.15) is 0 Å². The summed E-state index contributed by atoms with van der Waals surface area (Å²) in [5, 5.41) is 0. The third-order valence-corrected chi connectivity index (χ3v) is 5.08. The fourth-order valence-corrected chi connectivity index (χ4v) is 3.65. The Morgan fingerprint density at radius 3 is 2.33 bits per heavy atom. The van der Waals surface area contributed by atoms with Crippen molar-refractivity contribution in [1.82, 2.24) is 19.4 Å². The normalized spacial score (nSPS) is 16.1. The van der Waals surface area contributed by atoms with Gasteiger partial charge in [0.15, 0.2) is 0 Å². The molecule has 1 amide bonds. The van der Waals surface area contributed by atoms with Crippen LogP contribution in [0.5, 0.6) is 0 Å². The lowest BCUT2D eigenvalue weighted by atomic mass is 9.96. The summed E-state index contributed by atoms with van der Waals surface area (Å²) in [4.78, 5) is 21.7. The molecule has 1 saturated heterocycles. The van der Waals surface area contributed by atoms with Crippen molar-refractivity contribution < 1.29 is 4.79 Å². The summed E-state index contributed by atoms with van der Waals surface area (Å²) in [7, 11) is 0. The van der Waals surface area contributed by atoms with Crippen LogP contribution in [-0.2, 0) is 17.8 Å². The molecule has 1 aromatic heterocycles. The highest BCUT2D eigenvalue weighted by molar-refractivity contribution is 5.78. The molecule has 24 heavy (non-hydrogen) atoms. The van der Waals surface area contributed by atoms with E-state index in [9.17, 15) is 4.79 Å². The third-order valence-electron chi connectivity index (χ3n) is 5.08. The monoisotopic (exact) mass is 334 g/mol. The average Bonchev–Trinajstić information content (AvgIpc) is 3.07. The highest BCUT2D eigenvalue weighted by atomic mass is 16.2. The Morgan fingerprint density at radius 1 is 1.08 bits per heavy atom. The first-order valence-corrected chi connectivity index (χ1v) is 9.70. The van der Waals surface area contributed by atoms with Crippen LogP contribution in [-0.4, -0.2) is 58.0 Å². The summed E-state index contributed by atoms with van der Waals surface area (Å²) in [6.07, 6.45) is 9.20. The first-order valence-electron chi connectivity index (χ1n) is 9.70. The maximum absolute atomic E-state index is 12.7. The van der Waals surface area contributed by atoms with Crippen LogP contribution >= 0.6 is 0 Å². The largest absolute Gasteiger partial charge is 0.340 e. The van der Waals surface area contributed by atoms with Crippen LogP contribution in [0, 0.1) is 5.92 Å². The predicted molar refractivity (Wildman–Crippen MR) is 97.9 cm³/mol. The zero-order valence-electron chi connectivity index (χ0n) is 15.7. The molecule has 5 nitrogen and oxygen atoms in total. The van der Waals surface area contributed by atoms with Gasteiger partial charge in [-0.3, -0.25) is 9.69 Å². The van der Waals surface area contributed by atoms with E-state index in [0.717, 1.165) is 77.2 Å². The quantitative estimate of drug-likeness (QED) is 0.697. The van der Waals surface area contributed by atoms with Crippen molar-refractivity contribution in [2.75, 3.05) is 32.7 Å². The number of hydrogen-bond donors (Lipinski definition) is 0. The number of carbonyl (C=O) groups is 1. The molecule has 136 valence electrons. The summed E-state index contributed by atoms with van der Waals surface area (Å²) in [6, 6.07) is 0. The Labute approximate surface area is 147 Å². The van der Waals surface area contributed by atoms with Crippen molar-refractivity contribution in [3.8, 4) is 0 Å². The topological polar surface area (TPSA) is 41.4 Å². The number of amides is 1. The van der Waals surface area contributed by atoms with Gasteiger partial charge in [0.05, 0.1) is 0 Å². The minimum absolute atomic E-state index is 0.240. The third kappa shape index (κ3) is 5.07. The van der Waals surface area contributed by atoms with Gasteiger partial charge in [-0.15, -0.1) is 0 Å². The molecule has 1 aliphatic heterocycles. The molecule has 0 saturated carbocycles. The number of aromatic nitrogens is 2. The molecular weight excluding hydrogens is 300 g/mol. The van der Waals surface area contributed by atoms with E-state index >= 15 is 0 Å². The highest BCUT2D eigenvalue weighted by Gasteiger charge is 2.26. The van der Waals surface area contributed by atoms with Gasteiger partial charge in [-0.25, -0.2) is 4.98 Å². The van der Waals surface area contributed by atoms with Gasteiger partial charge in [0.2, 0.25) is 5.91 Å². The molecule has 0 atom stereocenters. The lowest BCUT2D eigenvalue weighted by molar-refractivity contribution is -0.137. The van der Waals surface area contributed by atoms with E-state index < -0.39 is 0 Å². The maximum Gasteiger partial charge on any atom is 0.225 e. The first kappa shape index (κ1) is 19.0. The van der Waals surface area contributed by atoms with Crippen LogP contribution in [0.1, 0.15) is 52.3 Å². The summed E-state index contributed by atoms with van der Waals surface area (Å²) in [6.45, 7) is 12.3. The molecular formula is C19H34N4O. The number of rotatable bonds is 9. The van der Waals surface area contributed by atoms with Gasteiger partial charge < -0.3 is 9.47 Å². The van der Waals surface area contributed by atoms with Crippen molar-refractivity contribution in [1.29, 1.82) is 0 Å². The van der Waals surface area contributed by atoms with Crippen molar-refractivity contribution >= 4 is 5.91 Å². The van der Waals surface area contributed by atoms with Gasteiger partial charge in [-0.1, -0.05) is 33.6 Å². The molecule has 0 aromatic carbocycles. The van der Waals surface area contributed by atoms with Gasteiger partial charge in [0.25, 0.3) is 0 Å². The van der Waals surface area contributed by atoms with Crippen LogP contribution in [0.25, 0.3) is 0 Å². The predicted octanol–water partition coefficient (Wildman–Crippen LogP) is 2.81. The zero-order chi connectivity index (χ0) is 17.4. The molecule has 0 radical (unpaired) electrons. The molecule has 1 fully saturated rings. The Bertz CT molecular complexity index is 485. The maximum atomic E-state index is 12.7. The minimum atomic E-state index is 0.240. The van der Waals surface area contributed by atoms with E-state index in [4.69, 9.17) is 0 Å². The second-order valence-electron chi connectivity index (χ2n) is 6.83. The average molecular weight is 335 g/mol. The van der Waals surface area contributed by atoms with Gasteiger partial charge in [-0.05, 0) is 12.8 Å². The van der Waals surface area contributed by atoms with Gasteiger partial charge >= 0.3 is 0 Å². The smallest absolute Gasteiger partial charge is 0.225 e. The number of aryl methyl sites for hydroxylation is 1. The van der Waals surface area contributed by atoms with Crippen LogP contribution < -0.4 is 0 Å². The summed E-state index contributed by atoms with van der Waals surface area (Å²) < 4.78 is 2.25. The van der Waals surface area contributed by atoms with E-state index in [1.807, 2.05) is 6.20 Å². The minimum Gasteiger partial charge on any atom is -0.340 e. The fraction of sp³-hybridized carbons (Fsp3) is 0.789. The van der Waals surface area contributed by atoms with E-state index in [0.29, 0.717) is 5.91 Å². The second-order valence-corrected chi connectivity index (χ2v) is 6.83. The number of nitrogens with zero attached hydrogens (tertiary/aromatic N) is 4. The SMILES string of the molecule is CCCC(CCC)C(=O)N1CCN(CCn2ccnc2CC)CC1. The lowest BCUT2D eigenvalue weighted by Crippen LogP contribution is -2.50. The summed E-state index contributed by atoms with van der Waals surface area (Å²) in [5.74, 6) is 1.79. The number of piperazine rings is 1. The first-order chi connectivity index (χ1) is 11.7. The Hall–Kier alpha value is -1.36. The molecule has 5 heteroatoms. The Kier molecular flexibility index (Phi) is 7.76. The van der Waals surface area contributed by atoms with Crippen LogP contribution in [0.3, 0.4) is 0 Å². The summed E-state index contributed by atoms with van der Waals surface area (Å²) in [5.41, 5.74) is 0. The lowest BCUT2D eigenvalue weighted by Gasteiger charge is -2.36. The number of hydrogen-bond acceptors (Lipinski definition) is 3. The standard InChI is InChI=1S/C19H34N4O/c1-4-7-17(8-5-2)19(24)23-15-12-21(13-16-23)11-14-22-10-9-20-18(22)6-3/h9-10,17H,4-8,11-16H2,1-3H3. The number of carbonyl (C=O) groups excluding carboxylic acids is 1. The molecule has 0 aliphatic carbocycles. The van der Waals surface area contributed by atoms with E-state index in [1.54, 1.807) is 0 Å². The van der Waals surface area contributed by atoms with Crippen molar-refractivity contribution in [3.63, 3.8) is 0 Å². The highest BCUT2D eigenvalue weighted by Crippen LogP contribution is 2.18. The van der Waals surface area contributed by atoms with E-state index in [-0.39, 0.29) is 5.92 Å². The molecule has 0 unspecified atom stereocenters.